The third kappa shape index (κ3) is 5.24. The van der Waals surface area contributed by atoms with E-state index in [1.54, 1.807) is 13.2 Å². The zero-order valence-corrected chi connectivity index (χ0v) is 14.6. The van der Waals surface area contributed by atoms with Crippen LogP contribution in [0.2, 0.25) is 0 Å². The monoisotopic (exact) mass is 307 g/mol. The molecule has 0 aromatic heterocycles. The van der Waals surface area contributed by atoms with Gasteiger partial charge in [-0.1, -0.05) is 40.7 Å². The molecule has 4 heteroatoms. The minimum absolute atomic E-state index is 0.0577. The van der Waals surface area contributed by atoms with Gasteiger partial charge in [0.25, 0.3) is 5.91 Å². The van der Waals surface area contributed by atoms with Gasteiger partial charge >= 0.3 is 0 Å². The molecule has 0 unspecified atom stereocenters. The van der Waals surface area contributed by atoms with E-state index in [9.17, 15) is 4.79 Å². The Morgan fingerprint density at radius 2 is 1.73 bits per heavy atom. The topological polar surface area (TPSA) is 47.6 Å². The molecule has 1 aromatic rings. The highest BCUT2D eigenvalue weighted by molar-refractivity contribution is 5.81. The van der Waals surface area contributed by atoms with Crippen molar-refractivity contribution in [3.8, 4) is 11.5 Å². The Morgan fingerprint density at radius 3 is 2.23 bits per heavy atom. The van der Waals surface area contributed by atoms with Crippen molar-refractivity contribution in [3.05, 3.63) is 24.3 Å². The van der Waals surface area contributed by atoms with Crippen LogP contribution in [-0.4, -0.2) is 25.2 Å². The highest BCUT2D eigenvalue weighted by Crippen LogP contribution is 2.21. The lowest BCUT2D eigenvalue weighted by atomic mass is 9.93. The summed E-state index contributed by atoms with van der Waals surface area (Å²) in [5, 5.41) is 3.12. The van der Waals surface area contributed by atoms with Gasteiger partial charge in [0.15, 0.2) is 6.10 Å². The molecule has 1 amide bonds. The minimum atomic E-state index is -0.493. The maximum atomic E-state index is 12.5. The Bertz CT molecular complexity index is 463. The van der Waals surface area contributed by atoms with Gasteiger partial charge in [-0.05, 0) is 30.4 Å². The lowest BCUT2D eigenvalue weighted by molar-refractivity contribution is -0.129. The van der Waals surface area contributed by atoms with Gasteiger partial charge in [0, 0.05) is 12.1 Å². The Hall–Kier alpha value is -1.71. The second-order valence-corrected chi connectivity index (χ2v) is 6.22. The van der Waals surface area contributed by atoms with Crippen molar-refractivity contribution in [2.24, 2.45) is 11.8 Å². The largest absolute Gasteiger partial charge is 0.497 e. The summed E-state index contributed by atoms with van der Waals surface area (Å²) in [6.07, 6.45) is 0.124. The number of nitrogens with one attached hydrogen (secondary N) is 1. The van der Waals surface area contributed by atoms with Crippen LogP contribution in [0.1, 0.15) is 41.0 Å². The van der Waals surface area contributed by atoms with Gasteiger partial charge in [0.1, 0.15) is 11.5 Å². The van der Waals surface area contributed by atoms with Crippen molar-refractivity contribution in [1.82, 2.24) is 5.32 Å². The highest BCUT2D eigenvalue weighted by Gasteiger charge is 2.25. The van der Waals surface area contributed by atoms with Crippen LogP contribution in [-0.2, 0) is 4.79 Å². The van der Waals surface area contributed by atoms with Crippen molar-refractivity contribution < 1.29 is 14.3 Å². The molecule has 0 aliphatic rings. The van der Waals surface area contributed by atoms with Gasteiger partial charge in [0.05, 0.1) is 7.11 Å². The first kappa shape index (κ1) is 18.3. The van der Waals surface area contributed by atoms with Gasteiger partial charge < -0.3 is 14.8 Å². The van der Waals surface area contributed by atoms with E-state index in [2.05, 4.69) is 33.0 Å². The summed E-state index contributed by atoms with van der Waals surface area (Å²) in [4.78, 5) is 12.5. The maximum Gasteiger partial charge on any atom is 0.261 e. The summed E-state index contributed by atoms with van der Waals surface area (Å²) >= 11 is 0. The minimum Gasteiger partial charge on any atom is -0.497 e. The van der Waals surface area contributed by atoms with Crippen LogP contribution in [0.5, 0.6) is 11.5 Å². The van der Waals surface area contributed by atoms with Gasteiger partial charge in [-0.15, -0.1) is 0 Å². The molecular formula is C18H29NO3. The van der Waals surface area contributed by atoms with Gasteiger partial charge in [-0.25, -0.2) is 0 Å². The number of rotatable bonds is 8. The van der Waals surface area contributed by atoms with Crippen LogP contribution < -0.4 is 14.8 Å². The van der Waals surface area contributed by atoms with Crippen LogP contribution in [0.15, 0.2) is 24.3 Å². The average molecular weight is 307 g/mol. The van der Waals surface area contributed by atoms with Gasteiger partial charge in [0.2, 0.25) is 0 Å². The molecule has 1 N–H and O–H groups in total. The second-order valence-electron chi connectivity index (χ2n) is 6.22. The third-order valence-electron chi connectivity index (χ3n) is 3.73. The lowest BCUT2D eigenvalue weighted by Crippen LogP contribution is -2.48. The number of amides is 1. The third-order valence-corrected chi connectivity index (χ3v) is 3.73. The molecule has 0 heterocycles. The van der Waals surface area contributed by atoms with E-state index in [0.717, 1.165) is 5.75 Å². The summed E-state index contributed by atoms with van der Waals surface area (Å²) in [5.74, 6) is 2.08. The first-order valence-electron chi connectivity index (χ1n) is 8.00. The molecule has 0 aliphatic carbocycles. The molecule has 0 radical (unpaired) electrons. The molecule has 0 saturated heterocycles. The van der Waals surface area contributed by atoms with Crippen molar-refractivity contribution in [2.45, 2.75) is 53.2 Å². The Kier molecular flexibility index (Phi) is 7.22. The normalized spacial score (nSPS) is 12.6. The first-order chi connectivity index (χ1) is 10.4. The van der Waals surface area contributed by atoms with E-state index in [1.807, 2.05) is 25.1 Å². The Morgan fingerprint density at radius 1 is 1.14 bits per heavy atom. The summed E-state index contributed by atoms with van der Waals surface area (Å²) in [7, 11) is 1.61. The zero-order chi connectivity index (χ0) is 16.7. The van der Waals surface area contributed by atoms with Crippen molar-refractivity contribution in [2.75, 3.05) is 7.11 Å². The Balaban J connectivity index is 2.75. The van der Waals surface area contributed by atoms with E-state index >= 15 is 0 Å². The molecule has 0 saturated carbocycles. The SMILES string of the molecule is CC[C@H](Oc1cccc(OC)c1)C(=O)NC(C(C)C)C(C)C. The molecule has 1 rings (SSSR count). The van der Waals surface area contributed by atoms with Crippen molar-refractivity contribution in [1.29, 1.82) is 0 Å². The molecular weight excluding hydrogens is 278 g/mol. The number of hydrogen-bond donors (Lipinski definition) is 1. The Labute approximate surface area is 134 Å². The van der Waals surface area contributed by atoms with Crippen LogP contribution in [0.25, 0.3) is 0 Å². The fourth-order valence-electron chi connectivity index (χ4n) is 2.52. The summed E-state index contributed by atoms with van der Waals surface area (Å²) in [6.45, 7) is 10.4. The number of ether oxygens (including phenoxy) is 2. The molecule has 0 bridgehead atoms. The summed E-state index contributed by atoms with van der Waals surface area (Å²) in [5.41, 5.74) is 0. The van der Waals surface area contributed by atoms with E-state index in [4.69, 9.17) is 9.47 Å². The average Bonchev–Trinajstić information content (AvgIpc) is 2.49. The molecule has 124 valence electrons. The van der Waals surface area contributed by atoms with Crippen LogP contribution in [0.3, 0.4) is 0 Å². The maximum absolute atomic E-state index is 12.5. The van der Waals surface area contributed by atoms with Crippen LogP contribution >= 0.6 is 0 Å². The van der Waals surface area contributed by atoms with E-state index in [0.29, 0.717) is 24.0 Å². The van der Waals surface area contributed by atoms with Crippen molar-refractivity contribution >= 4 is 5.91 Å². The van der Waals surface area contributed by atoms with Gasteiger partial charge in [-0.2, -0.15) is 0 Å². The van der Waals surface area contributed by atoms with E-state index in [-0.39, 0.29) is 11.9 Å². The molecule has 0 aliphatic heterocycles. The number of carbonyl (C=O) groups is 1. The predicted octanol–water partition coefficient (Wildman–Crippen LogP) is 3.65. The molecule has 4 nitrogen and oxygen atoms in total. The van der Waals surface area contributed by atoms with E-state index in [1.165, 1.54) is 0 Å². The quantitative estimate of drug-likeness (QED) is 0.797. The van der Waals surface area contributed by atoms with Gasteiger partial charge in [-0.3, -0.25) is 4.79 Å². The summed E-state index contributed by atoms with van der Waals surface area (Å²) in [6, 6.07) is 7.47. The first-order valence-corrected chi connectivity index (χ1v) is 8.00. The lowest BCUT2D eigenvalue weighted by Gasteiger charge is -2.28. The number of methoxy groups -OCH3 is 1. The molecule has 0 fully saturated rings. The molecule has 22 heavy (non-hydrogen) atoms. The fourth-order valence-corrected chi connectivity index (χ4v) is 2.52. The highest BCUT2D eigenvalue weighted by atomic mass is 16.5. The number of benzene rings is 1. The van der Waals surface area contributed by atoms with Crippen LogP contribution in [0.4, 0.5) is 0 Å². The second kappa shape index (κ2) is 8.66. The number of hydrogen-bond acceptors (Lipinski definition) is 3. The molecule has 0 spiro atoms. The van der Waals surface area contributed by atoms with Crippen LogP contribution in [0, 0.1) is 11.8 Å². The number of carbonyl (C=O) groups excluding carboxylic acids is 1. The van der Waals surface area contributed by atoms with E-state index < -0.39 is 6.10 Å². The predicted molar refractivity (Wildman–Crippen MR) is 89.3 cm³/mol. The fraction of sp³-hybridized carbons (Fsp3) is 0.611. The summed E-state index contributed by atoms with van der Waals surface area (Å²) < 4.78 is 11.0. The molecule has 1 atom stereocenters. The smallest absolute Gasteiger partial charge is 0.261 e. The zero-order valence-electron chi connectivity index (χ0n) is 14.6. The standard InChI is InChI=1S/C18H29NO3/c1-7-16(18(20)19-17(12(2)3)13(4)5)22-15-10-8-9-14(11-15)21-6/h8-13,16-17H,7H2,1-6H3,(H,19,20)/t16-/m0/s1. The molecule has 1 aromatic carbocycles. The van der Waals surface area contributed by atoms with Crippen molar-refractivity contribution in [3.63, 3.8) is 0 Å².